The predicted octanol–water partition coefficient (Wildman–Crippen LogP) is 3.24. The minimum atomic E-state index is -0.0102. The second-order valence-corrected chi connectivity index (χ2v) is 6.69. The number of hydrogen-bond donors (Lipinski definition) is 0. The van der Waals surface area contributed by atoms with Gasteiger partial charge >= 0.3 is 0 Å². The van der Waals surface area contributed by atoms with Gasteiger partial charge in [0.15, 0.2) is 6.29 Å². The van der Waals surface area contributed by atoms with Crippen LogP contribution in [0.4, 0.5) is 0 Å². The molecule has 0 aromatic carbocycles. The van der Waals surface area contributed by atoms with Crippen LogP contribution in [0.25, 0.3) is 0 Å². The highest BCUT2D eigenvalue weighted by Crippen LogP contribution is 2.30. The van der Waals surface area contributed by atoms with Crippen molar-refractivity contribution in [3.63, 3.8) is 0 Å². The fraction of sp³-hybridized carbons (Fsp3) is 0.692. The smallest absolute Gasteiger partial charge is 0.173 e. The molecule has 0 saturated carbocycles. The Kier molecular flexibility index (Phi) is 4.36. The molecule has 0 N–H and O–H groups in total. The molecule has 0 radical (unpaired) electrons. The van der Waals surface area contributed by atoms with Crippen LogP contribution in [0.15, 0.2) is 15.9 Å². The Morgan fingerprint density at radius 2 is 2.17 bits per heavy atom. The summed E-state index contributed by atoms with van der Waals surface area (Å²) in [5.74, 6) is 0. The first-order valence-corrected chi connectivity index (χ1v) is 8.21. The molecule has 5 heteroatoms. The van der Waals surface area contributed by atoms with Crippen molar-refractivity contribution in [3.8, 4) is 0 Å². The lowest BCUT2D eigenvalue weighted by Crippen LogP contribution is -2.46. The van der Waals surface area contributed by atoms with E-state index in [9.17, 15) is 0 Å². The van der Waals surface area contributed by atoms with Gasteiger partial charge in [-0.3, -0.25) is 4.90 Å². The quantitative estimate of drug-likeness (QED) is 0.848. The summed E-state index contributed by atoms with van der Waals surface area (Å²) in [6.45, 7) is 3.65. The summed E-state index contributed by atoms with van der Waals surface area (Å²) in [6.07, 6.45) is 3.75. The fourth-order valence-electron chi connectivity index (χ4n) is 2.74. The van der Waals surface area contributed by atoms with E-state index in [0.29, 0.717) is 6.04 Å². The summed E-state index contributed by atoms with van der Waals surface area (Å²) in [4.78, 5) is 3.93. The number of ether oxygens (including phenoxy) is 2. The molecule has 1 atom stereocenters. The molecule has 100 valence electrons. The highest BCUT2D eigenvalue weighted by Gasteiger charge is 2.33. The van der Waals surface area contributed by atoms with Crippen molar-refractivity contribution in [2.75, 3.05) is 19.8 Å². The van der Waals surface area contributed by atoms with Crippen LogP contribution >= 0.6 is 27.3 Å². The van der Waals surface area contributed by atoms with E-state index in [2.05, 4.69) is 32.3 Å². The van der Waals surface area contributed by atoms with Gasteiger partial charge in [0.1, 0.15) is 0 Å². The maximum atomic E-state index is 5.70. The lowest BCUT2D eigenvalue weighted by Gasteiger charge is -2.37. The van der Waals surface area contributed by atoms with Crippen molar-refractivity contribution in [1.82, 2.24) is 4.90 Å². The topological polar surface area (TPSA) is 21.7 Å². The van der Waals surface area contributed by atoms with Crippen LogP contribution in [0.3, 0.4) is 0 Å². The average Bonchev–Trinajstić information content (AvgIpc) is 3.03. The van der Waals surface area contributed by atoms with Gasteiger partial charge in [-0.1, -0.05) is 6.42 Å². The monoisotopic (exact) mass is 331 g/mol. The van der Waals surface area contributed by atoms with E-state index in [-0.39, 0.29) is 6.29 Å². The van der Waals surface area contributed by atoms with E-state index in [1.54, 1.807) is 0 Å². The molecule has 3 nitrogen and oxygen atoms in total. The number of piperidine rings is 1. The lowest BCUT2D eigenvalue weighted by molar-refractivity contribution is -0.111. The number of halogens is 1. The molecule has 2 aliphatic heterocycles. The standard InChI is InChI=1S/C13H18BrNO2S/c14-10-4-8-18-12(10)9-15-5-2-1-3-11(15)13-16-6-7-17-13/h4,8,11,13H,1-3,5-7,9H2. The van der Waals surface area contributed by atoms with Crippen LogP contribution in [-0.4, -0.2) is 37.0 Å². The van der Waals surface area contributed by atoms with Crippen molar-refractivity contribution in [1.29, 1.82) is 0 Å². The third-order valence-corrected chi connectivity index (χ3v) is 5.57. The van der Waals surface area contributed by atoms with Crippen molar-refractivity contribution in [3.05, 3.63) is 20.8 Å². The minimum absolute atomic E-state index is 0.0102. The van der Waals surface area contributed by atoms with E-state index in [4.69, 9.17) is 9.47 Å². The van der Waals surface area contributed by atoms with E-state index in [1.807, 2.05) is 11.3 Å². The summed E-state index contributed by atoms with van der Waals surface area (Å²) < 4.78 is 12.6. The first-order chi connectivity index (χ1) is 8.84. The Morgan fingerprint density at radius 1 is 1.33 bits per heavy atom. The van der Waals surface area contributed by atoms with Gasteiger partial charge in [0.05, 0.1) is 19.3 Å². The fourth-order valence-corrected chi connectivity index (χ4v) is 4.24. The molecule has 3 rings (SSSR count). The van der Waals surface area contributed by atoms with Crippen molar-refractivity contribution in [2.45, 2.75) is 38.1 Å². The second-order valence-electron chi connectivity index (χ2n) is 4.84. The van der Waals surface area contributed by atoms with Gasteiger partial charge in [0, 0.05) is 15.9 Å². The average molecular weight is 332 g/mol. The number of likely N-dealkylation sites (tertiary alicyclic amines) is 1. The van der Waals surface area contributed by atoms with Gasteiger partial charge in [0.25, 0.3) is 0 Å². The van der Waals surface area contributed by atoms with Gasteiger partial charge in [-0.05, 0) is 46.8 Å². The molecule has 1 aromatic rings. The number of rotatable bonds is 3. The van der Waals surface area contributed by atoms with Crippen molar-refractivity contribution >= 4 is 27.3 Å². The first-order valence-electron chi connectivity index (χ1n) is 6.54. The third kappa shape index (κ3) is 2.80. The molecular formula is C13H18BrNO2S. The molecule has 0 bridgehead atoms. The predicted molar refractivity (Wildman–Crippen MR) is 75.8 cm³/mol. The molecule has 2 fully saturated rings. The zero-order chi connectivity index (χ0) is 12.4. The van der Waals surface area contributed by atoms with Gasteiger partial charge in [-0.15, -0.1) is 11.3 Å². The zero-order valence-corrected chi connectivity index (χ0v) is 12.7. The van der Waals surface area contributed by atoms with Gasteiger partial charge in [-0.25, -0.2) is 0 Å². The van der Waals surface area contributed by atoms with Gasteiger partial charge in [-0.2, -0.15) is 0 Å². The molecule has 1 aromatic heterocycles. The molecule has 0 aliphatic carbocycles. The summed E-state index contributed by atoms with van der Waals surface area (Å²) in [6, 6.07) is 2.55. The Morgan fingerprint density at radius 3 is 2.89 bits per heavy atom. The summed E-state index contributed by atoms with van der Waals surface area (Å²) in [5.41, 5.74) is 0. The van der Waals surface area contributed by atoms with Crippen LogP contribution in [0.1, 0.15) is 24.1 Å². The first kappa shape index (κ1) is 13.1. The van der Waals surface area contributed by atoms with Crippen LogP contribution in [0.5, 0.6) is 0 Å². The molecule has 2 saturated heterocycles. The maximum Gasteiger partial charge on any atom is 0.173 e. The van der Waals surface area contributed by atoms with E-state index < -0.39 is 0 Å². The highest BCUT2D eigenvalue weighted by atomic mass is 79.9. The molecule has 0 amide bonds. The Balaban J connectivity index is 1.69. The van der Waals surface area contributed by atoms with Crippen molar-refractivity contribution in [2.24, 2.45) is 0 Å². The van der Waals surface area contributed by atoms with Crippen LogP contribution < -0.4 is 0 Å². The van der Waals surface area contributed by atoms with E-state index >= 15 is 0 Å². The largest absolute Gasteiger partial charge is 0.349 e. The molecule has 1 unspecified atom stereocenters. The zero-order valence-electron chi connectivity index (χ0n) is 10.3. The Hall–Kier alpha value is 0.0600. The summed E-state index contributed by atoms with van der Waals surface area (Å²) >= 11 is 5.44. The molecule has 18 heavy (non-hydrogen) atoms. The Bertz CT molecular complexity index is 392. The summed E-state index contributed by atoms with van der Waals surface area (Å²) in [5, 5.41) is 2.14. The van der Waals surface area contributed by atoms with Crippen LogP contribution in [0.2, 0.25) is 0 Å². The lowest BCUT2D eigenvalue weighted by atomic mass is 10.0. The van der Waals surface area contributed by atoms with E-state index in [0.717, 1.165) is 26.3 Å². The number of hydrogen-bond acceptors (Lipinski definition) is 4. The highest BCUT2D eigenvalue weighted by molar-refractivity contribution is 9.10. The van der Waals surface area contributed by atoms with Crippen LogP contribution in [-0.2, 0) is 16.0 Å². The van der Waals surface area contributed by atoms with Gasteiger partial charge < -0.3 is 9.47 Å². The number of nitrogens with zero attached hydrogens (tertiary/aromatic N) is 1. The van der Waals surface area contributed by atoms with Crippen molar-refractivity contribution < 1.29 is 9.47 Å². The number of thiophene rings is 1. The molecular weight excluding hydrogens is 314 g/mol. The third-order valence-electron chi connectivity index (χ3n) is 3.66. The SMILES string of the molecule is Brc1ccsc1CN1CCCCC1C1OCCO1. The Labute approximate surface area is 120 Å². The molecule has 0 spiro atoms. The maximum absolute atomic E-state index is 5.70. The van der Waals surface area contributed by atoms with Gasteiger partial charge in [0.2, 0.25) is 0 Å². The molecule has 3 heterocycles. The normalized spacial score (nSPS) is 26.8. The molecule has 2 aliphatic rings. The second kappa shape index (κ2) is 6.01. The summed E-state index contributed by atoms with van der Waals surface area (Å²) in [7, 11) is 0. The van der Waals surface area contributed by atoms with Crippen LogP contribution in [0, 0.1) is 0 Å². The minimum Gasteiger partial charge on any atom is -0.349 e. The van der Waals surface area contributed by atoms with E-state index in [1.165, 1.54) is 28.6 Å².